The smallest absolute Gasteiger partial charge is 0.236 e. The van der Waals surface area contributed by atoms with Gasteiger partial charge in [-0.2, -0.15) is 8.42 Å². The van der Waals surface area contributed by atoms with Crippen LogP contribution >= 0.6 is 0 Å². The summed E-state index contributed by atoms with van der Waals surface area (Å²) in [6.45, 7) is 0. The summed E-state index contributed by atoms with van der Waals surface area (Å²) < 4.78 is 35.0. The summed E-state index contributed by atoms with van der Waals surface area (Å²) in [6.07, 6.45) is 5.84. The lowest BCUT2D eigenvalue weighted by Crippen LogP contribution is -2.15. The van der Waals surface area contributed by atoms with Crippen molar-refractivity contribution in [3.63, 3.8) is 0 Å². The largest absolute Gasteiger partial charge is 0.401 e. The Labute approximate surface area is 135 Å². The van der Waals surface area contributed by atoms with Crippen molar-refractivity contribution in [1.29, 1.82) is 0 Å². The third-order valence-corrected chi connectivity index (χ3v) is 4.84. The van der Waals surface area contributed by atoms with E-state index in [9.17, 15) is 8.42 Å². The maximum atomic E-state index is 12.2. The minimum Gasteiger partial charge on any atom is -0.236 e. The van der Waals surface area contributed by atoms with Crippen molar-refractivity contribution in [2.45, 2.75) is 12.2 Å². The maximum absolute atomic E-state index is 12.2. The summed E-state index contributed by atoms with van der Waals surface area (Å²) in [7, 11) is -4.14. The average molecular weight is 326 g/mol. The first-order chi connectivity index (χ1) is 11.1. The van der Waals surface area contributed by atoms with Crippen molar-refractivity contribution in [3.8, 4) is 0 Å². The predicted molar refractivity (Wildman–Crippen MR) is 87.5 cm³/mol. The molecule has 2 aliphatic rings. The van der Waals surface area contributed by atoms with Crippen LogP contribution in [0.3, 0.4) is 0 Å². The van der Waals surface area contributed by atoms with E-state index in [0.29, 0.717) is 0 Å². The Kier molecular flexibility index (Phi) is 3.41. The third-order valence-electron chi connectivity index (χ3n) is 3.95. The molecule has 0 amide bonds. The van der Waals surface area contributed by atoms with Crippen LogP contribution in [0.25, 0.3) is 12.2 Å². The lowest BCUT2D eigenvalue weighted by Gasteiger charge is -2.15. The van der Waals surface area contributed by atoms with Gasteiger partial charge in [-0.3, -0.25) is 0 Å². The quantitative estimate of drug-likeness (QED) is 0.857. The van der Waals surface area contributed by atoms with Crippen LogP contribution in [0.1, 0.15) is 34.5 Å². The molecule has 4 rings (SSSR count). The zero-order valence-electron chi connectivity index (χ0n) is 12.1. The normalized spacial score (nSPS) is 21.4. The molecule has 0 radical (unpaired) electrons. The molecule has 0 aliphatic heterocycles. The van der Waals surface area contributed by atoms with Crippen molar-refractivity contribution < 1.29 is 16.8 Å². The Bertz CT molecular complexity index is 843. The molecule has 0 N–H and O–H groups in total. The van der Waals surface area contributed by atoms with E-state index < -0.39 is 22.6 Å². The van der Waals surface area contributed by atoms with Crippen LogP contribution < -0.4 is 0 Å². The number of hydrogen-bond donors (Lipinski definition) is 0. The fourth-order valence-corrected chi connectivity index (χ4v) is 3.77. The SMILES string of the molecule is O=S(=O)(OC1C=Cc2ccccc21)OC1C=Cc2ccccc21. The topological polar surface area (TPSA) is 52.6 Å². The van der Waals surface area contributed by atoms with Gasteiger partial charge in [0.1, 0.15) is 12.2 Å². The fraction of sp³-hybridized carbons (Fsp3) is 0.111. The molecule has 0 spiro atoms. The Morgan fingerprint density at radius 2 is 1.13 bits per heavy atom. The lowest BCUT2D eigenvalue weighted by atomic mass is 10.1. The molecule has 2 aromatic rings. The van der Waals surface area contributed by atoms with E-state index in [1.165, 1.54) is 0 Å². The van der Waals surface area contributed by atoms with Crippen molar-refractivity contribution in [1.82, 2.24) is 0 Å². The van der Waals surface area contributed by atoms with Gasteiger partial charge < -0.3 is 0 Å². The minimum atomic E-state index is -4.14. The fourth-order valence-electron chi connectivity index (χ4n) is 2.88. The highest BCUT2D eigenvalue weighted by Gasteiger charge is 2.29. The van der Waals surface area contributed by atoms with Crippen LogP contribution in [0.5, 0.6) is 0 Å². The van der Waals surface area contributed by atoms with Crippen molar-refractivity contribution >= 4 is 22.6 Å². The van der Waals surface area contributed by atoms with Crippen LogP contribution in [0.15, 0.2) is 60.7 Å². The number of benzene rings is 2. The van der Waals surface area contributed by atoms with Gasteiger partial charge in [-0.1, -0.05) is 60.7 Å². The van der Waals surface area contributed by atoms with Crippen molar-refractivity contribution in [3.05, 3.63) is 82.9 Å². The van der Waals surface area contributed by atoms with E-state index in [1.54, 1.807) is 12.2 Å². The summed E-state index contributed by atoms with van der Waals surface area (Å²) in [4.78, 5) is 0. The second kappa shape index (κ2) is 5.45. The molecule has 2 aromatic carbocycles. The second-order valence-electron chi connectivity index (χ2n) is 5.42. The predicted octanol–water partition coefficient (Wildman–Crippen LogP) is 3.80. The van der Waals surface area contributed by atoms with Gasteiger partial charge in [0.05, 0.1) is 0 Å². The van der Waals surface area contributed by atoms with Gasteiger partial charge >= 0.3 is 10.4 Å². The molecule has 2 aliphatic carbocycles. The van der Waals surface area contributed by atoms with Crippen LogP contribution in [0.2, 0.25) is 0 Å². The molecular formula is C18H14O4S. The van der Waals surface area contributed by atoms with Crippen LogP contribution in [0, 0.1) is 0 Å². The first kappa shape index (κ1) is 14.4. The Balaban J connectivity index is 1.52. The molecule has 23 heavy (non-hydrogen) atoms. The maximum Gasteiger partial charge on any atom is 0.401 e. The molecule has 116 valence electrons. The Hall–Kier alpha value is -2.21. The molecule has 0 fully saturated rings. The number of hydrogen-bond acceptors (Lipinski definition) is 4. The first-order valence-electron chi connectivity index (χ1n) is 7.28. The summed E-state index contributed by atoms with van der Waals surface area (Å²) >= 11 is 0. The molecule has 4 nitrogen and oxygen atoms in total. The van der Waals surface area contributed by atoms with E-state index in [0.717, 1.165) is 22.3 Å². The Morgan fingerprint density at radius 3 is 1.61 bits per heavy atom. The summed E-state index contributed by atoms with van der Waals surface area (Å²) in [5.41, 5.74) is 3.56. The summed E-state index contributed by atoms with van der Waals surface area (Å²) in [5, 5.41) is 0. The molecule has 2 unspecified atom stereocenters. The molecule has 0 saturated heterocycles. The van der Waals surface area contributed by atoms with Gasteiger partial charge in [0.2, 0.25) is 0 Å². The highest BCUT2D eigenvalue weighted by atomic mass is 32.3. The van der Waals surface area contributed by atoms with Gasteiger partial charge in [-0.15, -0.1) is 0 Å². The van der Waals surface area contributed by atoms with Gasteiger partial charge in [-0.05, 0) is 34.4 Å². The molecule has 2 atom stereocenters. The second-order valence-corrected chi connectivity index (χ2v) is 6.62. The Morgan fingerprint density at radius 1 is 0.696 bits per heavy atom. The molecule has 0 bridgehead atoms. The zero-order valence-corrected chi connectivity index (χ0v) is 12.9. The van der Waals surface area contributed by atoms with Crippen LogP contribution in [-0.2, 0) is 18.8 Å². The van der Waals surface area contributed by atoms with Gasteiger partial charge in [-0.25, -0.2) is 8.37 Å². The molecule has 0 aromatic heterocycles. The lowest BCUT2D eigenvalue weighted by molar-refractivity contribution is 0.164. The summed E-state index contributed by atoms with van der Waals surface area (Å²) in [6, 6.07) is 15.0. The van der Waals surface area contributed by atoms with Crippen molar-refractivity contribution in [2.24, 2.45) is 0 Å². The van der Waals surface area contributed by atoms with E-state index in [2.05, 4.69) is 0 Å². The van der Waals surface area contributed by atoms with E-state index in [1.807, 2.05) is 60.7 Å². The third kappa shape index (κ3) is 2.74. The molecule has 0 saturated carbocycles. The van der Waals surface area contributed by atoms with Gasteiger partial charge in [0.15, 0.2) is 0 Å². The molecule has 0 heterocycles. The van der Waals surface area contributed by atoms with Gasteiger partial charge in [0, 0.05) is 0 Å². The average Bonchev–Trinajstić information content (AvgIpc) is 3.12. The zero-order chi connectivity index (χ0) is 15.9. The number of rotatable bonds is 4. The molecule has 5 heteroatoms. The summed E-state index contributed by atoms with van der Waals surface area (Å²) in [5.74, 6) is 0. The highest BCUT2D eigenvalue weighted by molar-refractivity contribution is 7.81. The van der Waals surface area contributed by atoms with E-state index in [4.69, 9.17) is 8.37 Å². The van der Waals surface area contributed by atoms with Crippen LogP contribution in [-0.4, -0.2) is 8.42 Å². The highest BCUT2D eigenvalue weighted by Crippen LogP contribution is 2.36. The van der Waals surface area contributed by atoms with Crippen LogP contribution in [0.4, 0.5) is 0 Å². The monoisotopic (exact) mass is 326 g/mol. The van der Waals surface area contributed by atoms with E-state index >= 15 is 0 Å². The van der Waals surface area contributed by atoms with Crippen molar-refractivity contribution in [2.75, 3.05) is 0 Å². The first-order valence-corrected chi connectivity index (χ1v) is 8.61. The van der Waals surface area contributed by atoms with E-state index in [-0.39, 0.29) is 0 Å². The standard InChI is InChI=1S/C18H14O4S/c19-23(20,21-17-11-9-13-5-1-3-7-15(13)17)22-18-12-10-14-6-2-4-8-16(14)18/h1-12,17-18H. The van der Waals surface area contributed by atoms with Gasteiger partial charge in [0.25, 0.3) is 0 Å². The minimum absolute atomic E-state index is 0.642. The number of fused-ring (bicyclic) bond motifs is 2. The molecular weight excluding hydrogens is 312 g/mol.